The van der Waals surface area contributed by atoms with Crippen LogP contribution in [0.2, 0.25) is 0 Å². The van der Waals surface area contributed by atoms with Crippen LogP contribution in [0.3, 0.4) is 0 Å². The number of nitrogens with zero attached hydrogens (tertiary/aromatic N) is 1. The van der Waals surface area contributed by atoms with Gasteiger partial charge in [0.15, 0.2) is 0 Å². The van der Waals surface area contributed by atoms with Gasteiger partial charge in [0.2, 0.25) is 11.8 Å². The average molecular weight is 142 g/mol. The third-order valence-electron chi connectivity index (χ3n) is 0.989. The largest absolute Gasteiger partial charge is 0.477 e. The fourth-order valence-electron chi connectivity index (χ4n) is 0.681. The van der Waals surface area contributed by atoms with Crippen LogP contribution in [0.25, 0.3) is 0 Å². The Hall–Kier alpha value is -1.06. The van der Waals surface area contributed by atoms with Crippen molar-refractivity contribution in [3.05, 3.63) is 0 Å². The van der Waals surface area contributed by atoms with E-state index in [1.807, 2.05) is 13.8 Å². The van der Waals surface area contributed by atoms with Gasteiger partial charge in [0.1, 0.15) is 6.42 Å². The van der Waals surface area contributed by atoms with E-state index in [0.717, 1.165) is 0 Å². The molecule has 1 rings (SSSR count). The van der Waals surface area contributed by atoms with Crippen molar-refractivity contribution in [2.45, 2.75) is 26.4 Å². The van der Waals surface area contributed by atoms with E-state index in [0.29, 0.717) is 5.90 Å². The minimum absolute atomic E-state index is 0.0893. The number of rotatable bonds is 1. The summed E-state index contributed by atoms with van der Waals surface area (Å²) in [5.41, 5.74) is 2.30. The van der Waals surface area contributed by atoms with Crippen molar-refractivity contribution in [3.8, 4) is 0 Å². The van der Waals surface area contributed by atoms with Crippen LogP contribution < -0.4 is 5.43 Å². The predicted molar refractivity (Wildman–Crippen MR) is 36.4 cm³/mol. The molecule has 0 bridgehead atoms. The first kappa shape index (κ1) is 7.05. The molecule has 0 aromatic heterocycles. The Morgan fingerprint density at radius 3 is 2.80 bits per heavy atom. The highest BCUT2D eigenvalue weighted by molar-refractivity contribution is 6.00. The van der Waals surface area contributed by atoms with Crippen molar-refractivity contribution in [1.29, 1.82) is 0 Å². The van der Waals surface area contributed by atoms with Gasteiger partial charge >= 0.3 is 0 Å². The van der Waals surface area contributed by atoms with Gasteiger partial charge in [-0.05, 0) is 13.8 Å². The second kappa shape index (κ2) is 2.68. The lowest BCUT2D eigenvalue weighted by Crippen LogP contribution is -2.11. The lowest BCUT2D eigenvalue weighted by Gasteiger charge is -2.05. The van der Waals surface area contributed by atoms with E-state index in [4.69, 9.17) is 4.74 Å². The van der Waals surface area contributed by atoms with Gasteiger partial charge in [-0.25, -0.2) is 5.43 Å². The Morgan fingerprint density at radius 2 is 2.40 bits per heavy atom. The smallest absolute Gasteiger partial charge is 0.249 e. The molecule has 4 nitrogen and oxygen atoms in total. The maximum Gasteiger partial charge on any atom is 0.249 e. The summed E-state index contributed by atoms with van der Waals surface area (Å²) >= 11 is 0. The molecule has 4 heteroatoms. The fraction of sp³-hybridized carbons (Fsp3) is 0.667. The van der Waals surface area contributed by atoms with Crippen molar-refractivity contribution < 1.29 is 9.53 Å². The van der Waals surface area contributed by atoms with Crippen LogP contribution in [0, 0.1) is 0 Å². The van der Waals surface area contributed by atoms with E-state index in [1.54, 1.807) is 0 Å². The summed E-state index contributed by atoms with van der Waals surface area (Å²) in [5, 5.41) is 3.65. The SMILES string of the molecule is CC(C)OC1=NNC(=O)C1. The summed E-state index contributed by atoms with van der Waals surface area (Å²) in [6.07, 6.45) is 0.365. The summed E-state index contributed by atoms with van der Waals surface area (Å²) in [4.78, 5) is 10.5. The molecule has 56 valence electrons. The third kappa shape index (κ3) is 1.72. The van der Waals surface area contributed by atoms with Crippen LogP contribution in [0.5, 0.6) is 0 Å². The molecule has 0 aromatic carbocycles. The molecule has 0 radical (unpaired) electrons. The number of hydrazone groups is 1. The Balaban J connectivity index is 2.37. The molecule has 0 spiro atoms. The standard InChI is InChI=1S/C6H10N2O2/c1-4(2)10-6-3-5(9)7-8-6/h4H,3H2,1-2H3,(H,7,9). The molecule has 0 saturated heterocycles. The lowest BCUT2D eigenvalue weighted by molar-refractivity contribution is -0.119. The van der Waals surface area contributed by atoms with Gasteiger partial charge < -0.3 is 4.74 Å². The number of ether oxygens (including phenoxy) is 1. The third-order valence-corrected chi connectivity index (χ3v) is 0.989. The number of hydrogen-bond donors (Lipinski definition) is 1. The van der Waals surface area contributed by atoms with E-state index >= 15 is 0 Å². The highest BCUT2D eigenvalue weighted by atomic mass is 16.5. The molecule has 1 amide bonds. The number of hydrogen-bond acceptors (Lipinski definition) is 3. The van der Waals surface area contributed by atoms with Gasteiger partial charge in [-0.2, -0.15) is 0 Å². The van der Waals surface area contributed by atoms with Crippen molar-refractivity contribution >= 4 is 11.8 Å². The molecule has 0 atom stereocenters. The normalized spacial score (nSPS) is 17.1. The van der Waals surface area contributed by atoms with Crippen molar-refractivity contribution in [2.24, 2.45) is 5.10 Å². The Bertz CT molecular complexity index is 175. The molecule has 0 saturated carbocycles. The average Bonchev–Trinajstić information content (AvgIpc) is 2.13. The summed E-state index contributed by atoms with van der Waals surface area (Å²) in [6.45, 7) is 3.79. The maximum atomic E-state index is 10.5. The first-order valence-electron chi connectivity index (χ1n) is 3.20. The predicted octanol–water partition coefficient (Wildman–Crippen LogP) is 0.245. The fourth-order valence-corrected chi connectivity index (χ4v) is 0.681. The van der Waals surface area contributed by atoms with Gasteiger partial charge in [-0.15, -0.1) is 5.10 Å². The molecular formula is C6H10N2O2. The van der Waals surface area contributed by atoms with E-state index < -0.39 is 0 Å². The van der Waals surface area contributed by atoms with Gasteiger partial charge in [0.25, 0.3) is 0 Å². The summed E-state index contributed by atoms with van der Waals surface area (Å²) in [5.74, 6) is 0.385. The summed E-state index contributed by atoms with van der Waals surface area (Å²) < 4.78 is 5.15. The van der Waals surface area contributed by atoms with Crippen LogP contribution in [0.4, 0.5) is 0 Å². The van der Waals surface area contributed by atoms with E-state index in [-0.39, 0.29) is 18.4 Å². The van der Waals surface area contributed by atoms with Crippen molar-refractivity contribution in [2.75, 3.05) is 0 Å². The summed E-state index contributed by atoms with van der Waals surface area (Å²) in [7, 11) is 0. The van der Waals surface area contributed by atoms with E-state index in [1.165, 1.54) is 0 Å². The quantitative estimate of drug-likeness (QED) is 0.570. The molecular weight excluding hydrogens is 132 g/mol. The summed E-state index contributed by atoms with van der Waals surface area (Å²) in [6, 6.07) is 0. The molecule has 0 aliphatic carbocycles. The highest BCUT2D eigenvalue weighted by Crippen LogP contribution is 1.99. The van der Waals surface area contributed by atoms with Crippen LogP contribution in [-0.2, 0) is 9.53 Å². The maximum absolute atomic E-state index is 10.5. The number of amides is 1. The molecule has 0 aromatic rings. The highest BCUT2D eigenvalue weighted by Gasteiger charge is 2.15. The van der Waals surface area contributed by atoms with Crippen molar-refractivity contribution in [3.63, 3.8) is 0 Å². The van der Waals surface area contributed by atoms with Crippen molar-refractivity contribution in [1.82, 2.24) is 5.43 Å². The zero-order valence-corrected chi connectivity index (χ0v) is 6.05. The van der Waals surface area contributed by atoms with Gasteiger partial charge in [-0.3, -0.25) is 4.79 Å². The minimum Gasteiger partial charge on any atom is -0.477 e. The van der Waals surface area contributed by atoms with E-state index in [9.17, 15) is 4.79 Å². The van der Waals surface area contributed by atoms with Gasteiger partial charge in [0.05, 0.1) is 6.10 Å². The lowest BCUT2D eigenvalue weighted by atomic mass is 10.4. The second-order valence-electron chi connectivity index (χ2n) is 2.38. The minimum atomic E-state index is -0.101. The van der Waals surface area contributed by atoms with Crippen LogP contribution in [0.1, 0.15) is 20.3 Å². The number of nitrogens with one attached hydrogen (secondary N) is 1. The number of carbonyl (C=O) groups excluding carboxylic acids is 1. The van der Waals surface area contributed by atoms with Crippen LogP contribution in [0.15, 0.2) is 5.10 Å². The van der Waals surface area contributed by atoms with E-state index in [2.05, 4.69) is 10.5 Å². The Morgan fingerprint density at radius 1 is 1.70 bits per heavy atom. The molecule has 1 aliphatic heterocycles. The topological polar surface area (TPSA) is 50.7 Å². The first-order chi connectivity index (χ1) is 4.68. The van der Waals surface area contributed by atoms with Crippen LogP contribution in [-0.4, -0.2) is 17.9 Å². The van der Waals surface area contributed by atoms with Crippen LogP contribution >= 0.6 is 0 Å². The van der Waals surface area contributed by atoms with Gasteiger partial charge in [0, 0.05) is 0 Å². The zero-order chi connectivity index (χ0) is 7.56. The Labute approximate surface area is 59.2 Å². The molecule has 1 N–H and O–H groups in total. The second-order valence-corrected chi connectivity index (χ2v) is 2.38. The molecule has 10 heavy (non-hydrogen) atoms. The molecule has 0 fully saturated rings. The van der Waals surface area contributed by atoms with Gasteiger partial charge in [-0.1, -0.05) is 0 Å². The molecule has 1 heterocycles. The number of carbonyl (C=O) groups is 1. The monoisotopic (exact) mass is 142 g/mol. The molecule has 1 aliphatic rings. The first-order valence-corrected chi connectivity index (χ1v) is 3.20. The Kier molecular flexibility index (Phi) is 1.89. The molecule has 0 unspecified atom stereocenters. The zero-order valence-electron chi connectivity index (χ0n) is 6.05.